The van der Waals surface area contributed by atoms with Crippen molar-refractivity contribution in [2.24, 2.45) is 0 Å². The Morgan fingerprint density at radius 3 is 2.88 bits per heavy atom. The van der Waals surface area contributed by atoms with Crippen LogP contribution in [0.15, 0.2) is 28.9 Å². The maximum absolute atomic E-state index is 5.54. The monoisotopic (exact) mass is 359 g/mol. The zero-order valence-electron chi connectivity index (χ0n) is 14.1. The van der Waals surface area contributed by atoms with Gasteiger partial charge in [0.2, 0.25) is 0 Å². The number of ether oxygens (including phenoxy) is 1. The third-order valence-electron chi connectivity index (χ3n) is 4.43. The topological polar surface area (TPSA) is 76.3 Å². The summed E-state index contributed by atoms with van der Waals surface area (Å²) in [6.07, 6.45) is 2.22. The molecule has 1 fully saturated rings. The highest BCUT2D eigenvalue weighted by Crippen LogP contribution is 2.30. The summed E-state index contributed by atoms with van der Waals surface area (Å²) in [6.45, 7) is 5.23. The fraction of sp³-hybridized carbons (Fsp3) is 0.471. The Morgan fingerprint density at radius 1 is 1.28 bits per heavy atom. The van der Waals surface area contributed by atoms with Gasteiger partial charge in [-0.1, -0.05) is 28.6 Å². The van der Waals surface area contributed by atoms with E-state index in [2.05, 4.69) is 43.4 Å². The number of nitrogens with zero attached hydrogens (tertiary/aromatic N) is 4. The predicted molar refractivity (Wildman–Crippen MR) is 97.4 cm³/mol. The number of rotatable bonds is 6. The van der Waals surface area contributed by atoms with Crippen molar-refractivity contribution in [3.8, 4) is 5.88 Å². The van der Waals surface area contributed by atoms with E-state index in [0.717, 1.165) is 43.1 Å². The summed E-state index contributed by atoms with van der Waals surface area (Å²) < 4.78 is 11.4. The Bertz CT molecular complexity index is 792. The number of thiazole rings is 1. The molecule has 4 rings (SSSR count). The molecule has 25 heavy (non-hydrogen) atoms. The van der Waals surface area contributed by atoms with Gasteiger partial charge in [0.1, 0.15) is 12.3 Å². The number of aromatic nitrogens is 3. The van der Waals surface area contributed by atoms with Gasteiger partial charge >= 0.3 is 0 Å². The van der Waals surface area contributed by atoms with Crippen molar-refractivity contribution in [1.29, 1.82) is 0 Å². The van der Waals surface area contributed by atoms with Gasteiger partial charge in [-0.05, 0) is 37.1 Å². The molecule has 0 atom stereocenters. The first-order valence-electron chi connectivity index (χ1n) is 8.55. The van der Waals surface area contributed by atoms with Crippen LogP contribution in [0.3, 0.4) is 0 Å². The average Bonchev–Trinajstić information content (AvgIpc) is 3.25. The number of aryl methyl sites for hydroxylation is 1. The first-order valence-corrected chi connectivity index (χ1v) is 9.37. The van der Waals surface area contributed by atoms with Crippen molar-refractivity contribution < 1.29 is 9.37 Å². The molecule has 0 amide bonds. The summed E-state index contributed by atoms with van der Waals surface area (Å²) in [5, 5.41) is 12.1. The van der Waals surface area contributed by atoms with Gasteiger partial charge in [0, 0.05) is 25.7 Å². The van der Waals surface area contributed by atoms with Crippen LogP contribution in [-0.2, 0) is 0 Å². The predicted octanol–water partition coefficient (Wildman–Crippen LogP) is 2.63. The number of anilines is 1. The Balaban J connectivity index is 1.22. The van der Waals surface area contributed by atoms with Crippen molar-refractivity contribution in [3.63, 3.8) is 0 Å². The molecule has 3 heterocycles. The first kappa shape index (κ1) is 16.3. The van der Waals surface area contributed by atoms with E-state index >= 15 is 0 Å². The minimum Gasteiger partial charge on any atom is -0.473 e. The molecular weight excluding hydrogens is 338 g/mol. The van der Waals surface area contributed by atoms with Crippen LogP contribution in [0.5, 0.6) is 5.88 Å². The molecule has 132 valence electrons. The fourth-order valence-corrected chi connectivity index (χ4v) is 4.05. The molecule has 3 aromatic rings. The van der Waals surface area contributed by atoms with Crippen molar-refractivity contribution in [1.82, 2.24) is 20.6 Å². The van der Waals surface area contributed by atoms with Crippen LogP contribution < -0.4 is 15.0 Å². The highest BCUT2D eigenvalue weighted by molar-refractivity contribution is 7.22. The SMILES string of the molecule is Cc1nonc1OCCNC1CCN(c2nc3ccccc3s2)CC1. The quantitative estimate of drug-likeness (QED) is 0.678. The minimum absolute atomic E-state index is 0.479. The average molecular weight is 359 g/mol. The van der Waals surface area contributed by atoms with Crippen LogP contribution in [0, 0.1) is 6.92 Å². The Hall–Kier alpha value is -2.19. The van der Waals surface area contributed by atoms with Gasteiger partial charge in [-0.3, -0.25) is 0 Å². The summed E-state index contributed by atoms with van der Waals surface area (Å²) >= 11 is 1.78. The first-order chi connectivity index (χ1) is 12.3. The molecule has 1 saturated heterocycles. The summed E-state index contributed by atoms with van der Waals surface area (Å²) in [5.41, 5.74) is 1.78. The summed E-state index contributed by atoms with van der Waals surface area (Å²) in [4.78, 5) is 7.15. The highest BCUT2D eigenvalue weighted by Gasteiger charge is 2.21. The van der Waals surface area contributed by atoms with Gasteiger partial charge in [0.15, 0.2) is 5.13 Å². The second-order valence-electron chi connectivity index (χ2n) is 6.18. The lowest BCUT2D eigenvalue weighted by atomic mass is 10.1. The van der Waals surface area contributed by atoms with Crippen molar-refractivity contribution in [2.45, 2.75) is 25.8 Å². The Labute approximate surface area is 150 Å². The van der Waals surface area contributed by atoms with E-state index in [1.54, 1.807) is 11.3 Å². The molecule has 0 radical (unpaired) electrons. The zero-order valence-corrected chi connectivity index (χ0v) is 15.0. The lowest BCUT2D eigenvalue weighted by molar-refractivity contribution is 0.249. The van der Waals surface area contributed by atoms with Crippen molar-refractivity contribution in [3.05, 3.63) is 30.0 Å². The van der Waals surface area contributed by atoms with Gasteiger partial charge in [0.25, 0.3) is 5.88 Å². The van der Waals surface area contributed by atoms with Gasteiger partial charge in [-0.25, -0.2) is 9.61 Å². The maximum atomic E-state index is 5.54. The van der Waals surface area contributed by atoms with Crippen LogP contribution in [-0.4, -0.2) is 47.6 Å². The van der Waals surface area contributed by atoms with E-state index in [-0.39, 0.29) is 0 Å². The van der Waals surface area contributed by atoms with E-state index in [1.807, 2.05) is 13.0 Å². The van der Waals surface area contributed by atoms with Crippen LogP contribution in [0.1, 0.15) is 18.5 Å². The second kappa shape index (κ2) is 7.37. The lowest BCUT2D eigenvalue weighted by Crippen LogP contribution is -2.43. The standard InChI is InChI=1S/C17H21N5O2S/c1-12-16(21-24-20-12)23-11-8-18-13-6-9-22(10-7-13)17-19-14-4-2-3-5-15(14)25-17/h2-5,13,18H,6-11H2,1H3. The molecule has 0 saturated carbocycles. The highest BCUT2D eigenvalue weighted by atomic mass is 32.1. The number of hydrogen-bond acceptors (Lipinski definition) is 8. The number of hydrogen-bond donors (Lipinski definition) is 1. The lowest BCUT2D eigenvalue weighted by Gasteiger charge is -2.32. The van der Waals surface area contributed by atoms with E-state index in [9.17, 15) is 0 Å². The summed E-state index contributed by atoms with van der Waals surface area (Å²) in [5.74, 6) is 0.479. The third kappa shape index (κ3) is 3.74. The Morgan fingerprint density at radius 2 is 2.12 bits per heavy atom. The number of para-hydroxylation sites is 1. The normalized spacial score (nSPS) is 15.8. The van der Waals surface area contributed by atoms with Gasteiger partial charge < -0.3 is 15.0 Å². The molecule has 8 heteroatoms. The third-order valence-corrected chi connectivity index (χ3v) is 5.53. The van der Waals surface area contributed by atoms with Crippen LogP contribution >= 0.6 is 11.3 Å². The van der Waals surface area contributed by atoms with Crippen molar-refractivity contribution >= 4 is 26.7 Å². The molecule has 0 bridgehead atoms. The van der Waals surface area contributed by atoms with E-state index in [0.29, 0.717) is 24.2 Å². The van der Waals surface area contributed by atoms with Crippen LogP contribution in [0.4, 0.5) is 5.13 Å². The molecule has 0 unspecified atom stereocenters. The number of fused-ring (bicyclic) bond motifs is 1. The molecule has 0 aliphatic carbocycles. The maximum Gasteiger partial charge on any atom is 0.278 e. The molecule has 1 aliphatic rings. The van der Waals surface area contributed by atoms with Gasteiger partial charge in [0.05, 0.1) is 10.2 Å². The molecule has 2 aromatic heterocycles. The van der Waals surface area contributed by atoms with E-state index in [4.69, 9.17) is 9.72 Å². The molecule has 1 aromatic carbocycles. The summed E-state index contributed by atoms with van der Waals surface area (Å²) in [6, 6.07) is 8.85. The molecule has 7 nitrogen and oxygen atoms in total. The molecule has 0 spiro atoms. The van der Waals surface area contributed by atoms with E-state index in [1.165, 1.54) is 4.70 Å². The second-order valence-corrected chi connectivity index (χ2v) is 7.19. The molecule has 1 N–H and O–H groups in total. The largest absolute Gasteiger partial charge is 0.473 e. The number of nitrogens with one attached hydrogen (secondary N) is 1. The van der Waals surface area contributed by atoms with Gasteiger partial charge in [-0.15, -0.1) is 0 Å². The van der Waals surface area contributed by atoms with Crippen LogP contribution in [0.25, 0.3) is 10.2 Å². The van der Waals surface area contributed by atoms with Crippen LogP contribution in [0.2, 0.25) is 0 Å². The fourth-order valence-electron chi connectivity index (χ4n) is 3.04. The Kier molecular flexibility index (Phi) is 4.80. The number of piperidine rings is 1. The van der Waals surface area contributed by atoms with E-state index < -0.39 is 0 Å². The molecular formula is C17H21N5O2S. The molecule has 1 aliphatic heterocycles. The summed E-state index contributed by atoms with van der Waals surface area (Å²) in [7, 11) is 0. The van der Waals surface area contributed by atoms with Crippen molar-refractivity contribution in [2.75, 3.05) is 31.1 Å². The van der Waals surface area contributed by atoms with Gasteiger partial charge in [-0.2, -0.15) is 0 Å². The smallest absolute Gasteiger partial charge is 0.278 e. The minimum atomic E-state index is 0.479. The zero-order chi connectivity index (χ0) is 17.1. The number of benzene rings is 1.